The van der Waals surface area contributed by atoms with Crippen LogP contribution in [0.5, 0.6) is 0 Å². The Hall–Kier alpha value is -1.60. The smallest absolute Gasteiger partial charge is 0.250 e. The number of sulfonamides is 1. The third-order valence-corrected chi connectivity index (χ3v) is 6.89. The van der Waals surface area contributed by atoms with Gasteiger partial charge in [-0.15, -0.1) is 0 Å². The second-order valence-electron chi connectivity index (χ2n) is 7.62. The third-order valence-electron chi connectivity index (χ3n) is 5.25. The van der Waals surface area contributed by atoms with Gasteiger partial charge in [-0.3, -0.25) is 4.79 Å². The molecule has 1 aromatic carbocycles. The third kappa shape index (κ3) is 4.52. The Bertz CT molecular complexity index is 751. The van der Waals surface area contributed by atoms with Crippen LogP contribution in [0, 0.1) is 5.92 Å². The van der Waals surface area contributed by atoms with Crippen LogP contribution in [-0.2, 0) is 10.0 Å². The normalized spacial score (nSPS) is 20.2. The van der Waals surface area contributed by atoms with Crippen LogP contribution in [0.4, 0.5) is 5.69 Å². The number of anilines is 1. The lowest BCUT2D eigenvalue weighted by Crippen LogP contribution is -2.34. The van der Waals surface area contributed by atoms with E-state index < -0.39 is 15.9 Å². The van der Waals surface area contributed by atoms with Crippen LogP contribution in [-0.4, -0.2) is 26.4 Å². The zero-order valence-electron chi connectivity index (χ0n) is 14.7. The van der Waals surface area contributed by atoms with Crippen LogP contribution in [0.1, 0.15) is 62.2 Å². The van der Waals surface area contributed by atoms with E-state index in [1.807, 2.05) is 6.92 Å². The molecule has 0 saturated heterocycles. The molecule has 4 N–H and O–H groups in total. The van der Waals surface area contributed by atoms with Crippen LogP contribution in [0.2, 0.25) is 0 Å². The number of primary amides is 1. The maximum atomic E-state index is 12.5. The average molecular weight is 365 g/mol. The van der Waals surface area contributed by atoms with Crippen molar-refractivity contribution in [2.45, 2.75) is 62.3 Å². The van der Waals surface area contributed by atoms with E-state index in [-0.39, 0.29) is 16.0 Å². The van der Waals surface area contributed by atoms with Gasteiger partial charge in [0.25, 0.3) is 5.91 Å². The van der Waals surface area contributed by atoms with Gasteiger partial charge in [-0.05, 0) is 56.7 Å². The van der Waals surface area contributed by atoms with Gasteiger partial charge in [0.15, 0.2) is 0 Å². The number of amides is 1. The zero-order chi connectivity index (χ0) is 18.1. The Morgan fingerprint density at radius 1 is 1.24 bits per heavy atom. The summed E-state index contributed by atoms with van der Waals surface area (Å²) in [7, 11) is -3.65. The predicted octanol–water partition coefficient (Wildman–Crippen LogP) is 2.61. The SMILES string of the molecule is CC1(NS(=O)(=O)c2ccc(NCC3CCCCC3)c(C(N)=O)c2)CC1. The molecule has 138 valence electrons. The topological polar surface area (TPSA) is 101 Å². The Kier molecular flexibility index (Phi) is 5.06. The van der Waals surface area contributed by atoms with E-state index in [0.717, 1.165) is 19.4 Å². The molecule has 7 heteroatoms. The fourth-order valence-electron chi connectivity index (χ4n) is 3.37. The van der Waals surface area contributed by atoms with Crippen molar-refractivity contribution < 1.29 is 13.2 Å². The number of nitrogens with two attached hydrogens (primary N) is 1. The van der Waals surface area contributed by atoms with Crippen molar-refractivity contribution in [1.82, 2.24) is 4.72 Å². The van der Waals surface area contributed by atoms with Crippen LogP contribution in [0.3, 0.4) is 0 Å². The predicted molar refractivity (Wildman–Crippen MR) is 98.0 cm³/mol. The minimum atomic E-state index is -3.65. The minimum absolute atomic E-state index is 0.0811. The molecule has 3 rings (SSSR count). The second kappa shape index (κ2) is 6.96. The molecule has 2 aliphatic rings. The standard InChI is InChI=1S/C18H27N3O3S/c1-18(9-10-18)21-25(23,24)14-7-8-16(15(11-14)17(19)22)20-12-13-5-3-2-4-6-13/h7-8,11,13,20-21H,2-6,9-10,12H2,1H3,(H2,19,22). The number of nitrogens with one attached hydrogen (secondary N) is 2. The quantitative estimate of drug-likeness (QED) is 0.691. The highest BCUT2D eigenvalue weighted by Gasteiger charge is 2.41. The highest BCUT2D eigenvalue weighted by atomic mass is 32.2. The number of hydrogen-bond acceptors (Lipinski definition) is 4. The molecule has 0 atom stereocenters. The first-order chi connectivity index (χ1) is 11.8. The summed E-state index contributed by atoms with van der Waals surface area (Å²) in [6.45, 7) is 2.66. The monoisotopic (exact) mass is 365 g/mol. The second-order valence-corrected chi connectivity index (χ2v) is 9.31. The molecule has 1 aromatic rings. The summed E-state index contributed by atoms with van der Waals surface area (Å²) in [6.07, 6.45) is 7.82. The van der Waals surface area contributed by atoms with Crippen molar-refractivity contribution in [3.05, 3.63) is 23.8 Å². The molecule has 0 bridgehead atoms. The van der Waals surface area contributed by atoms with E-state index >= 15 is 0 Å². The summed E-state index contributed by atoms with van der Waals surface area (Å²) >= 11 is 0. The van der Waals surface area contributed by atoms with Crippen LogP contribution in [0.15, 0.2) is 23.1 Å². The lowest BCUT2D eigenvalue weighted by atomic mass is 9.89. The van der Waals surface area contributed by atoms with Gasteiger partial charge in [-0.1, -0.05) is 19.3 Å². The van der Waals surface area contributed by atoms with Gasteiger partial charge < -0.3 is 11.1 Å². The van der Waals surface area contributed by atoms with Crippen molar-refractivity contribution in [3.8, 4) is 0 Å². The molecule has 2 fully saturated rings. The molecule has 0 radical (unpaired) electrons. The molecule has 0 aliphatic heterocycles. The summed E-state index contributed by atoms with van der Waals surface area (Å²) in [4.78, 5) is 11.9. The van der Waals surface area contributed by atoms with Crippen LogP contribution >= 0.6 is 0 Å². The van der Waals surface area contributed by atoms with Crippen molar-refractivity contribution >= 4 is 21.6 Å². The fourth-order valence-corrected chi connectivity index (χ4v) is 4.86. The first-order valence-electron chi connectivity index (χ1n) is 9.01. The summed E-state index contributed by atoms with van der Waals surface area (Å²) in [5, 5.41) is 3.29. The van der Waals surface area contributed by atoms with Gasteiger partial charge in [0.05, 0.1) is 10.5 Å². The van der Waals surface area contributed by atoms with Gasteiger partial charge in [0.1, 0.15) is 0 Å². The lowest BCUT2D eigenvalue weighted by Gasteiger charge is -2.23. The number of rotatable bonds is 7. The number of carbonyl (C=O) groups excluding carboxylic acids is 1. The molecular weight excluding hydrogens is 338 g/mol. The van der Waals surface area contributed by atoms with E-state index in [4.69, 9.17) is 5.73 Å². The van der Waals surface area contributed by atoms with Gasteiger partial charge in [-0.25, -0.2) is 13.1 Å². The molecule has 2 saturated carbocycles. The zero-order valence-corrected chi connectivity index (χ0v) is 15.5. The molecule has 1 amide bonds. The summed E-state index contributed by atoms with van der Waals surface area (Å²) < 4.78 is 27.7. The Labute approximate surface area is 149 Å². The van der Waals surface area contributed by atoms with Crippen molar-refractivity contribution in [2.75, 3.05) is 11.9 Å². The molecule has 0 unspecified atom stereocenters. The van der Waals surface area contributed by atoms with E-state index in [9.17, 15) is 13.2 Å². The summed E-state index contributed by atoms with van der Waals surface area (Å²) in [5.74, 6) is -0.0322. The van der Waals surface area contributed by atoms with Crippen molar-refractivity contribution in [2.24, 2.45) is 11.7 Å². The number of benzene rings is 1. The maximum Gasteiger partial charge on any atom is 0.250 e. The van der Waals surface area contributed by atoms with E-state index in [1.54, 1.807) is 6.07 Å². The molecule has 0 heterocycles. The van der Waals surface area contributed by atoms with Crippen molar-refractivity contribution in [3.63, 3.8) is 0 Å². The molecule has 0 aromatic heterocycles. The average Bonchev–Trinajstić information content (AvgIpc) is 3.29. The Morgan fingerprint density at radius 3 is 2.52 bits per heavy atom. The van der Waals surface area contributed by atoms with Gasteiger partial charge in [-0.2, -0.15) is 0 Å². The molecule has 2 aliphatic carbocycles. The summed E-state index contributed by atoms with van der Waals surface area (Å²) in [6, 6.07) is 4.55. The van der Waals surface area contributed by atoms with E-state index in [1.165, 1.54) is 44.2 Å². The molecular formula is C18H27N3O3S. The van der Waals surface area contributed by atoms with Gasteiger partial charge >= 0.3 is 0 Å². The lowest BCUT2D eigenvalue weighted by molar-refractivity contribution is 0.100. The first kappa shape index (κ1) is 18.2. The Balaban J connectivity index is 1.76. The molecule has 6 nitrogen and oxygen atoms in total. The minimum Gasteiger partial charge on any atom is -0.384 e. The van der Waals surface area contributed by atoms with Crippen molar-refractivity contribution in [1.29, 1.82) is 0 Å². The summed E-state index contributed by atoms with van der Waals surface area (Å²) in [5.41, 5.74) is 5.95. The number of hydrogen-bond donors (Lipinski definition) is 3. The number of carbonyl (C=O) groups is 1. The first-order valence-corrected chi connectivity index (χ1v) is 10.5. The maximum absolute atomic E-state index is 12.5. The Morgan fingerprint density at radius 2 is 1.92 bits per heavy atom. The molecule has 0 spiro atoms. The highest BCUT2D eigenvalue weighted by molar-refractivity contribution is 7.89. The molecule has 25 heavy (non-hydrogen) atoms. The van der Waals surface area contributed by atoms with E-state index in [0.29, 0.717) is 11.6 Å². The van der Waals surface area contributed by atoms with Gasteiger partial charge in [0.2, 0.25) is 10.0 Å². The largest absolute Gasteiger partial charge is 0.384 e. The van der Waals surface area contributed by atoms with Gasteiger partial charge in [0, 0.05) is 17.8 Å². The van der Waals surface area contributed by atoms with E-state index in [2.05, 4.69) is 10.0 Å². The fraction of sp³-hybridized carbons (Fsp3) is 0.611. The van der Waals surface area contributed by atoms with Crippen LogP contribution in [0.25, 0.3) is 0 Å². The van der Waals surface area contributed by atoms with Crippen LogP contribution < -0.4 is 15.8 Å². The highest BCUT2D eigenvalue weighted by Crippen LogP contribution is 2.36.